The van der Waals surface area contributed by atoms with Crippen LogP contribution in [0.1, 0.15) is 13.8 Å². The average molecular weight is 442 g/mol. The fourth-order valence-electron chi connectivity index (χ4n) is 4.46. The van der Waals surface area contributed by atoms with Crippen LogP contribution in [0.15, 0.2) is 85.5 Å². The van der Waals surface area contributed by atoms with E-state index in [0.717, 1.165) is 57.0 Å². The predicted molar refractivity (Wildman–Crippen MR) is 129 cm³/mol. The van der Waals surface area contributed by atoms with Gasteiger partial charge in [0.15, 0.2) is 31.9 Å². The Morgan fingerprint density at radius 1 is 0.750 bits per heavy atom. The molecule has 0 saturated carbocycles. The number of ether oxygens (including phenoxy) is 1. The fourth-order valence-corrected chi connectivity index (χ4v) is 7.55. The van der Waals surface area contributed by atoms with Crippen molar-refractivity contribution in [1.82, 2.24) is 0 Å². The number of hydrogen-bond donors (Lipinski definition) is 0. The molecular formula is C27H27N2O2P+2. The van der Waals surface area contributed by atoms with Gasteiger partial charge in [0.1, 0.15) is 18.8 Å². The third kappa shape index (κ3) is 3.18. The summed E-state index contributed by atoms with van der Waals surface area (Å²) < 4.78 is 24.5. The molecule has 0 amide bonds. The Balaban J connectivity index is 1.73. The fraction of sp³-hybridized carbons (Fsp3) is 0.185. The lowest BCUT2D eigenvalue weighted by atomic mass is 10.0. The molecule has 4 aromatic rings. The topological polar surface area (TPSA) is 34.1 Å². The van der Waals surface area contributed by atoms with Crippen molar-refractivity contribution >= 4 is 23.1 Å². The van der Waals surface area contributed by atoms with Gasteiger partial charge in [-0.1, -0.05) is 12.1 Å². The molecule has 0 N–H and O–H groups in total. The molecule has 1 atom stereocenters. The van der Waals surface area contributed by atoms with Crippen LogP contribution in [0, 0.1) is 0 Å². The molecule has 0 aliphatic carbocycles. The van der Waals surface area contributed by atoms with Crippen molar-refractivity contribution in [2.45, 2.75) is 26.9 Å². The number of methoxy groups -OCH3 is 1. The van der Waals surface area contributed by atoms with Gasteiger partial charge in [-0.05, 0) is 60.9 Å². The van der Waals surface area contributed by atoms with Crippen LogP contribution in [0.5, 0.6) is 5.75 Å². The number of nitrogens with zero attached hydrogens (tertiary/aromatic N) is 2. The third-order valence-corrected chi connectivity index (χ3v) is 9.46. The van der Waals surface area contributed by atoms with Gasteiger partial charge in [-0.25, -0.2) is 9.13 Å². The van der Waals surface area contributed by atoms with Crippen molar-refractivity contribution in [3.05, 3.63) is 85.5 Å². The maximum absolute atomic E-state index is 15.0. The smallest absolute Gasteiger partial charge is 0.180 e. The van der Waals surface area contributed by atoms with Crippen LogP contribution in [-0.4, -0.2) is 7.11 Å². The first kappa shape index (κ1) is 20.7. The number of aryl methyl sites for hydroxylation is 2. The first-order valence-corrected chi connectivity index (χ1v) is 12.7. The zero-order chi connectivity index (χ0) is 22.3. The molecule has 1 unspecified atom stereocenters. The van der Waals surface area contributed by atoms with E-state index in [9.17, 15) is 4.57 Å². The van der Waals surface area contributed by atoms with E-state index in [4.69, 9.17) is 4.74 Å². The van der Waals surface area contributed by atoms with E-state index >= 15 is 0 Å². The van der Waals surface area contributed by atoms with E-state index in [-0.39, 0.29) is 0 Å². The molecule has 0 bridgehead atoms. The lowest BCUT2D eigenvalue weighted by Crippen LogP contribution is -2.36. The first-order valence-electron chi connectivity index (χ1n) is 11.0. The summed E-state index contributed by atoms with van der Waals surface area (Å²) >= 11 is 0. The number of aromatic nitrogens is 2. The van der Waals surface area contributed by atoms with Gasteiger partial charge >= 0.3 is 0 Å². The monoisotopic (exact) mass is 442 g/mol. The van der Waals surface area contributed by atoms with Crippen molar-refractivity contribution < 1.29 is 18.4 Å². The van der Waals surface area contributed by atoms with Crippen molar-refractivity contribution in [1.29, 1.82) is 0 Å². The lowest BCUT2D eigenvalue weighted by molar-refractivity contribution is -0.693. The Bertz CT molecular complexity index is 1350. The summed E-state index contributed by atoms with van der Waals surface area (Å²) in [4.78, 5) is 0. The van der Waals surface area contributed by atoms with Gasteiger partial charge in [0.2, 0.25) is 0 Å². The van der Waals surface area contributed by atoms with Crippen molar-refractivity contribution in [3.8, 4) is 28.0 Å². The molecule has 32 heavy (non-hydrogen) atoms. The summed E-state index contributed by atoms with van der Waals surface area (Å²) in [6.07, 6.45) is 8.31. The Kier molecular flexibility index (Phi) is 5.19. The molecular weight excluding hydrogens is 415 g/mol. The van der Waals surface area contributed by atoms with Gasteiger partial charge in [0.25, 0.3) is 0 Å². The van der Waals surface area contributed by atoms with Gasteiger partial charge in [-0.15, -0.1) is 0 Å². The Morgan fingerprint density at radius 3 is 2.06 bits per heavy atom. The van der Waals surface area contributed by atoms with Crippen molar-refractivity contribution in [3.63, 3.8) is 0 Å². The highest BCUT2D eigenvalue weighted by molar-refractivity contribution is 7.86. The maximum atomic E-state index is 15.0. The second-order valence-electron chi connectivity index (χ2n) is 8.03. The third-order valence-electron chi connectivity index (χ3n) is 6.35. The van der Waals surface area contributed by atoms with Gasteiger partial charge < -0.3 is 9.30 Å². The summed E-state index contributed by atoms with van der Waals surface area (Å²) in [5.74, 6) is 0.763. The Morgan fingerprint density at radius 2 is 1.41 bits per heavy atom. The molecule has 0 saturated heterocycles. The highest BCUT2D eigenvalue weighted by atomic mass is 31.2. The minimum absolute atomic E-state index is 0.763. The van der Waals surface area contributed by atoms with E-state index in [1.807, 2.05) is 24.3 Å². The Labute approximate surface area is 189 Å². The molecule has 1 aliphatic heterocycles. The number of fused-ring (bicyclic) bond motifs is 3. The average Bonchev–Trinajstić information content (AvgIpc) is 3.12. The van der Waals surface area contributed by atoms with Crippen LogP contribution in [0.3, 0.4) is 0 Å². The van der Waals surface area contributed by atoms with E-state index < -0.39 is 7.14 Å². The molecule has 160 valence electrons. The predicted octanol–water partition coefficient (Wildman–Crippen LogP) is 3.60. The standard InChI is InChI=1S/C27H27N2O2P/c1-4-28-15-12-20(13-16-28)21-6-11-24-25-14-17-29(5-2)19-27(25)32(30,26(24)18-21)23-9-7-22(31-3)8-10-23/h6-19H,4-5H2,1-3H3/q+2. The number of hydrogen-bond acceptors (Lipinski definition) is 2. The largest absolute Gasteiger partial charge is 0.497 e. The number of pyridine rings is 2. The highest BCUT2D eigenvalue weighted by Gasteiger charge is 2.42. The lowest BCUT2D eigenvalue weighted by Gasteiger charge is -2.16. The van der Waals surface area contributed by atoms with Crippen LogP contribution in [0.2, 0.25) is 0 Å². The molecule has 0 fully saturated rings. The van der Waals surface area contributed by atoms with Gasteiger partial charge in [0.05, 0.1) is 12.4 Å². The van der Waals surface area contributed by atoms with E-state index in [0.29, 0.717) is 0 Å². The van der Waals surface area contributed by atoms with E-state index in [1.54, 1.807) is 7.11 Å². The number of rotatable bonds is 5. The molecule has 0 radical (unpaired) electrons. The maximum Gasteiger partial charge on any atom is 0.180 e. The molecule has 5 heteroatoms. The summed E-state index contributed by atoms with van der Waals surface area (Å²) in [5.41, 5.74) is 4.33. The second kappa shape index (κ2) is 8.03. The van der Waals surface area contributed by atoms with Crippen LogP contribution in [-0.2, 0) is 17.7 Å². The zero-order valence-corrected chi connectivity index (χ0v) is 19.5. The normalized spacial score (nSPS) is 16.5. The Hall–Kier alpha value is -3.23. The van der Waals surface area contributed by atoms with Crippen molar-refractivity contribution in [2.24, 2.45) is 0 Å². The molecule has 5 rings (SSSR count). The minimum Gasteiger partial charge on any atom is -0.497 e. The van der Waals surface area contributed by atoms with Crippen molar-refractivity contribution in [2.75, 3.05) is 7.11 Å². The van der Waals surface area contributed by atoms with Crippen LogP contribution in [0.4, 0.5) is 0 Å². The van der Waals surface area contributed by atoms with Crippen LogP contribution < -0.4 is 29.8 Å². The molecule has 1 aliphatic rings. The van der Waals surface area contributed by atoms with E-state index in [1.165, 1.54) is 0 Å². The zero-order valence-electron chi connectivity index (χ0n) is 18.7. The number of benzene rings is 2. The molecule has 4 nitrogen and oxygen atoms in total. The summed E-state index contributed by atoms with van der Waals surface area (Å²) in [6, 6.07) is 20.4. The SMILES string of the molecule is CC[n+]1ccc(-c2ccc3c(c2)P(=O)(c2ccc(OC)cc2)c2c[n+](CC)ccc2-3)cc1. The minimum atomic E-state index is -3.02. The quantitative estimate of drug-likeness (QED) is 0.308. The molecule has 3 heterocycles. The molecule has 2 aromatic heterocycles. The van der Waals surface area contributed by atoms with Gasteiger partial charge in [-0.2, -0.15) is 0 Å². The van der Waals surface area contributed by atoms with E-state index in [2.05, 4.69) is 84.2 Å². The van der Waals surface area contributed by atoms with Crippen LogP contribution >= 0.6 is 7.14 Å². The summed E-state index contributed by atoms with van der Waals surface area (Å²) in [5, 5.41) is 2.66. The van der Waals surface area contributed by atoms with Crippen LogP contribution in [0.25, 0.3) is 22.3 Å². The summed E-state index contributed by atoms with van der Waals surface area (Å²) in [6.45, 7) is 5.99. The summed E-state index contributed by atoms with van der Waals surface area (Å²) in [7, 11) is -1.37. The molecule has 0 spiro atoms. The van der Waals surface area contributed by atoms with Gasteiger partial charge in [0, 0.05) is 34.4 Å². The highest BCUT2D eigenvalue weighted by Crippen LogP contribution is 2.52. The van der Waals surface area contributed by atoms with Gasteiger partial charge in [-0.3, -0.25) is 0 Å². The first-order chi connectivity index (χ1) is 15.6. The molecule has 2 aromatic carbocycles. The second-order valence-corrected chi connectivity index (χ2v) is 10.7.